The molecule has 2 saturated carbocycles. The second-order valence-electron chi connectivity index (χ2n) is 5.22. The minimum absolute atomic E-state index is 0.327. The first-order valence-corrected chi connectivity index (χ1v) is 7.57. The first kappa shape index (κ1) is 12.4. The van der Waals surface area contributed by atoms with Crippen LogP contribution in [0.4, 0.5) is 0 Å². The van der Waals surface area contributed by atoms with E-state index >= 15 is 0 Å². The summed E-state index contributed by atoms with van der Waals surface area (Å²) >= 11 is 3.59. The van der Waals surface area contributed by atoms with Crippen molar-refractivity contribution >= 4 is 21.8 Å². The van der Waals surface area contributed by atoms with Crippen LogP contribution in [-0.4, -0.2) is 17.3 Å². The van der Waals surface area contributed by atoms with Crippen molar-refractivity contribution in [2.24, 2.45) is 17.8 Å². The highest BCUT2D eigenvalue weighted by atomic mass is 79.9. The molecule has 2 nitrogen and oxygen atoms in total. The molecule has 0 radical (unpaired) electrons. The smallest absolute Gasteiger partial charge is 0.223 e. The van der Waals surface area contributed by atoms with E-state index in [1.165, 1.54) is 25.7 Å². The van der Waals surface area contributed by atoms with Crippen LogP contribution in [0.1, 0.15) is 45.4 Å². The van der Waals surface area contributed by atoms with Crippen LogP contribution in [0.5, 0.6) is 0 Å². The zero-order valence-electron chi connectivity index (χ0n) is 10.0. The molecule has 0 heterocycles. The number of amides is 1. The van der Waals surface area contributed by atoms with Gasteiger partial charge in [0.25, 0.3) is 0 Å². The number of nitrogens with one attached hydrogen (secondary N) is 1. The van der Waals surface area contributed by atoms with E-state index in [9.17, 15) is 4.79 Å². The molecule has 0 bridgehead atoms. The highest BCUT2D eigenvalue weighted by molar-refractivity contribution is 9.09. The fourth-order valence-electron chi connectivity index (χ4n) is 3.06. The van der Waals surface area contributed by atoms with Gasteiger partial charge in [-0.2, -0.15) is 0 Å². The molecule has 0 aliphatic heterocycles. The summed E-state index contributed by atoms with van der Waals surface area (Å²) in [5.74, 6) is 2.17. The molecule has 0 aromatic heterocycles. The van der Waals surface area contributed by atoms with Gasteiger partial charge in [0, 0.05) is 17.3 Å². The van der Waals surface area contributed by atoms with Gasteiger partial charge in [-0.25, -0.2) is 0 Å². The van der Waals surface area contributed by atoms with Gasteiger partial charge in [-0.1, -0.05) is 35.7 Å². The molecule has 16 heavy (non-hydrogen) atoms. The van der Waals surface area contributed by atoms with Gasteiger partial charge in [-0.05, 0) is 37.5 Å². The summed E-state index contributed by atoms with van der Waals surface area (Å²) in [4.78, 5) is 12.5. The fourth-order valence-corrected chi connectivity index (χ4v) is 3.28. The average Bonchev–Trinajstić information content (AvgIpc) is 3.02. The molecule has 2 fully saturated rings. The summed E-state index contributed by atoms with van der Waals surface area (Å²) in [5, 5.41) is 3.10. The van der Waals surface area contributed by atoms with Crippen molar-refractivity contribution in [3.05, 3.63) is 0 Å². The largest absolute Gasteiger partial charge is 0.356 e. The fraction of sp³-hybridized carbons (Fsp3) is 0.923. The van der Waals surface area contributed by atoms with Crippen molar-refractivity contribution in [1.29, 1.82) is 0 Å². The zero-order valence-corrected chi connectivity index (χ0v) is 11.6. The number of carbonyl (C=O) groups is 1. The lowest BCUT2D eigenvalue weighted by atomic mass is 10.0. The van der Waals surface area contributed by atoms with Crippen molar-refractivity contribution in [2.75, 3.05) is 6.54 Å². The molecule has 2 rings (SSSR count). The van der Waals surface area contributed by atoms with Crippen molar-refractivity contribution in [2.45, 2.75) is 50.3 Å². The van der Waals surface area contributed by atoms with Crippen LogP contribution in [0, 0.1) is 17.8 Å². The first-order valence-electron chi connectivity index (χ1n) is 6.65. The molecule has 3 heteroatoms. The minimum atomic E-state index is 0.327. The van der Waals surface area contributed by atoms with E-state index < -0.39 is 0 Å². The van der Waals surface area contributed by atoms with Crippen molar-refractivity contribution in [1.82, 2.24) is 5.32 Å². The van der Waals surface area contributed by atoms with E-state index in [1.54, 1.807) is 0 Å². The SMILES string of the molecule is CCC(Br)CCNC(=O)C1C2CCCCC21. The maximum Gasteiger partial charge on any atom is 0.223 e. The van der Waals surface area contributed by atoms with Gasteiger partial charge in [0.2, 0.25) is 5.91 Å². The predicted octanol–water partition coefficient (Wildman–Crippen LogP) is 3.10. The van der Waals surface area contributed by atoms with E-state index in [1.807, 2.05) is 0 Å². The summed E-state index contributed by atoms with van der Waals surface area (Å²) in [6.07, 6.45) is 7.43. The Morgan fingerprint density at radius 2 is 2.00 bits per heavy atom. The summed E-state index contributed by atoms with van der Waals surface area (Å²) in [6.45, 7) is 3.00. The standard InChI is InChI=1S/C13H22BrNO/c1-2-9(14)7-8-15-13(16)12-10-5-3-4-6-11(10)12/h9-12H,2-8H2,1H3,(H,15,16). The van der Waals surface area contributed by atoms with Gasteiger partial charge >= 0.3 is 0 Å². The molecule has 0 spiro atoms. The third kappa shape index (κ3) is 2.79. The Bertz CT molecular complexity index is 244. The Hall–Kier alpha value is -0.0500. The van der Waals surface area contributed by atoms with Crippen LogP contribution in [0.2, 0.25) is 0 Å². The summed E-state index contributed by atoms with van der Waals surface area (Å²) in [5.41, 5.74) is 0. The lowest BCUT2D eigenvalue weighted by Crippen LogP contribution is -2.28. The van der Waals surface area contributed by atoms with Crippen LogP contribution < -0.4 is 5.32 Å². The molecule has 2 aliphatic rings. The van der Waals surface area contributed by atoms with Crippen molar-refractivity contribution < 1.29 is 4.79 Å². The normalized spacial score (nSPS) is 34.0. The van der Waals surface area contributed by atoms with E-state index in [4.69, 9.17) is 0 Å². The molecule has 0 saturated heterocycles. The van der Waals surface area contributed by atoms with E-state index in [-0.39, 0.29) is 0 Å². The lowest BCUT2D eigenvalue weighted by molar-refractivity contribution is -0.122. The highest BCUT2D eigenvalue weighted by Gasteiger charge is 2.54. The van der Waals surface area contributed by atoms with E-state index in [0.29, 0.717) is 16.7 Å². The molecule has 0 aromatic rings. The van der Waals surface area contributed by atoms with Gasteiger partial charge < -0.3 is 5.32 Å². The molecule has 2 aliphatic carbocycles. The Labute approximate surface area is 107 Å². The summed E-state index contributed by atoms with van der Waals surface area (Å²) in [7, 11) is 0. The number of alkyl halides is 1. The Morgan fingerprint density at radius 3 is 2.56 bits per heavy atom. The number of fused-ring (bicyclic) bond motifs is 1. The van der Waals surface area contributed by atoms with Gasteiger partial charge in [0.05, 0.1) is 0 Å². The molecule has 3 atom stereocenters. The number of hydrogen-bond acceptors (Lipinski definition) is 1. The quantitative estimate of drug-likeness (QED) is 0.774. The first-order chi connectivity index (χ1) is 7.74. The third-order valence-corrected chi connectivity index (χ3v) is 5.26. The Kier molecular flexibility index (Phi) is 4.28. The average molecular weight is 288 g/mol. The zero-order chi connectivity index (χ0) is 11.5. The van der Waals surface area contributed by atoms with Crippen molar-refractivity contribution in [3.63, 3.8) is 0 Å². The van der Waals surface area contributed by atoms with Crippen LogP contribution in [0.15, 0.2) is 0 Å². The summed E-state index contributed by atoms with van der Waals surface area (Å²) < 4.78 is 0. The molecule has 1 N–H and O–H groups in total. The van der Waals surface area contributed by atoms with Crippen LogP contribution in [0.3, 0.4) is 0 Å². The minimum Gasteiger partial charge on any atom is -0.356 e. The molecule has 3 unspecified atom stereocenters. The number of carbonyl (C=O) groups excluding carboxylic acids is 1. The van der Waals surface area contributed by atoms with Crippen LogP contribution >= 0.6 is 15.9 Å². The molecule has 92 valence electrons. The molecule has 0 aromatic carbocycles. The predicted molar refractivity (Wildman–Crippen MR) is 69.6 cm³/mol. The Balaban J connectivity index is 1.65. The lowest BCUT2D eigenvalue weighted by Gasteiger charge is -2.08. The van der Waals surface area contributed by atoms with Gasteiger partial charge in [-0.15, -0.1) is 0 Å². The molecular weight excluding hydrogens is 266 g/mol. The molecule has 1 amide bonds. The maximum absolute atomic E-state index is 11.9. The highest BCUT2D eigenvalue weighted by Crippen LogP contribution is 2.55. The second-order valence-corrected chi connectivity index (χ2v) is 6.52. The van der Waals surface area contributed by atoms with E-state index in [2.05, 4.69) is 28.2 Å². The Morgan fingerprint density at radius 1 is 1.38 bits per heavy atom. The second kappa shape index (κ2) is 5.52. The number of halogens is 1. The monoisotopic (exact) mass is 287 g/mol. The number of rotatable bonds is 5. The topological polar surface area (TPSA) is 29.1 Å². The number of hydrogen-bond donors (Lipinski definition) is 1. The maximum atomic E-state index is 11.9. The van der Waals surface area contributed by atoms with Gasteiger partial charge in [-0.3, -0.25) is 4.79 Å². The van der Waals surface area contributed by atoms with Gasteiger partial charge in [0.15, 0.2) is 0 Å². The van der Waals surface area contributed by atoms with Crippen molar-refractivity contribution in [3.8, 4) is 0 Å². The van der Waals surface area contributed by atoms with Gasteiger partial charge in [0.1, 0.15) is 0 Å². The summed E-state index contributed by atoms with van der Waals surface area (Å²) in [6, 6.07) is 0. The van der Waals surface area contributed by atoms with Crippen LogP contribution in [-0.2, 0) is 4.79 Å². The van der Waals surface area contributed by atoms with Crippen LogP contribution in [0.25, 0.3) is 0 Å². The molecular formula is C13H22BrNO. The van der Waals surface area contributed by atoms with E-state index in [0.717, 1.165) is 31.2 Å². The third-order valence-electron chi connectivity index (χ3n) is 4.16.